The van der Waals surface area contributed by atoms with Gasteiger partial charge < -0.3 is 5.11 Å². The molecule has 0 spiro atoms. The molecule has 3 nitrogen and oxygen atoms in total. The fraction of sp³-hybridized carbons (Fsp3) is 0.273. The van der Waals surface area contributed by atoms with Crippen molar-refractivity contribution in [2.24, 2.45) is 0 Å². The van der Waals surface area contributed by atoms with E-state index in [1.165, 1.54) is 23.1 Å². The average Bonchev–Trinajstić information content (AvgIpc) is 2.78. The maximum Gasteiger partial charge on any atom is 0.184 e. The van der Waals surface area contributed by atoms with E-state index in [4.69, 9.17) is 17.3 Å². The molecule has 0 saturated heterocycles. The Kier molecular flexibility index (Phi) is 4.87. The Morgan fingerprint density at radius 2 is 2.17 bits per heavy atom. The van der Waals surface area contributed by atoms with Gasteiger partial charge in [0.25, 0.3) is 0 Å². The quantitative estimate of drug-likeness (QED) is 0.680. The Hall–Kier alpha value is -0.760. The zero-order valence-electron chi connectivity index (χ0n) is 9.32. The van der Waals surface area contributed by atoms with Gasteiger partial charge in [-0.15, -0.1) is 5.10 Å². The van der Waals surface area contributed by atoms with Crippen LogP contribution in [0.1, 0.15) is 0 Å². The number of alkyl halides is 1. The van der Waals surface area contributed by atoms with E-state index in [9.17, 15) is 4.39 Å². The third kappa shape index (κ3) is 3.38. The number of aliphatic hydroxyl groups excluding tert-OH is 1. The van der Waals surface area contributed by atoms with Crippen molar-refractivity contribution in [3.63, 3.8) is 0 Å². The van der Waals surface area contributed by atoms with E-state index in [0.717, 1.165) is 10.0 Å². The van der Waals surface area contributed by atoms with E-state index in [2.05, 4.69) is 5.10 Å². The smallest absolute Gasteiger partial charge is 0.184 e. The number of hydrogen-bond acceptors (Lipinski definition) is 5. The first-order valence-corrected chi connectivity index (χ1v) is 7.44. The Morgan fingerprint density at radius 1 is 1.44 bits per heavy atom. The van der Waals surface area contributed by atoms with Crippen LogP contribution in [-0.4, -0.2) is 33.4 Å². The highest BCUT2D eigenvalue weighted by molar-refractivity contribution is 8.01. The molecule has 1 atom stereocenters. The fourth-order valence-corrected chi connectivity index (χ4v) is 3.55. The summed E-state index contributed by atoms with van der Waals surface area (Å²) in [5.74, 6) is 0.285. The molecule has 2 aromatic rings. The largest absolute Gasteiger partial charge is 0.390 e. The second-order valence-electron chi connectivity index (χ2n) is 3.50. The van der Waals surface area contributed by atoms with Gasteiger partial charge in [0.05, 0.1) is 11.8 Å². The van der Waals surface area contributed by atoms with E-state index in [-0.39, 0.29) is 5.75 Å². The molecule has 7 heteroatoms. The number of aliphatic hydroxyl groups is 1. The van der Waals surface area contributed by atoms with Crippen molar-refractivity contribution in [2.45, 2.75) is 10.4 Å². The summed E-state index contributed by atoms with van der Waals surface area (Å²) in [6, 6.07) is 9.58. The minimum atomic E-state index is -0.947. The van der Waals surface area contributed by atoms with Gasteiger partial charge >= 0.3 is 0 Å². The van der Waals surface area contributed by atoms with Gasteiger partial charge in [0.1, 0.15) is 6.67 Å². The Morgan fingerprint density at radius 3 is 2.83 bits per heavy atom. The van der Waals surface area contributed by atoms with Crippen LogP contribution >= 0.6 is 35.3 Å². The van der Waals surface area contributed by atoms with Gasteiger partial charge in [-0.25, -0.2) is 9.07 Å². The topological polar surface area (TPSA) is 38.1 Å². The first-order chi connectivity index (χ1) is 8.70. The van der Waals surface area contributed by atoms with Crippen molar-refractivity contribution in [1.82, 2.24) is 9.78 Å². The molecule has 0 aliphatic rings. The number of thioether (sulfide) groups is 1. The average molecular weight is 302 g/mol. The molecule has 1 unspecified atom stereocenters. The molecule has 0 aliphatic heterocycles. The second kappa shape index (κ2) is 6.42. The van der Waals surface area contributed by atoms with E-state index in [1.54, 1.807) is 4.68 Å². The van der Waals surface area contributed by atoms with Crippen LogP contribution in [0.3, 0.4) is 0 Å². The maximum atomic E-state index is 12.1. The van der Waals surface area contributed by atoms with Gasteiger partial charge in [-0.1, -0.05) is 41.3 Å². The van der Waals surface area contributed by atoms with Crippen molar-refractivity contribution >= 4 is 35.3 Å². The summed E-state index contributed by atoms with van der Waals surface area (Å²) in [4.78, 5) is 0. The predicted molar refractivity (Wildman–Crippen MR) is 75.0 cm³/mol. The number of hydrogen-bond donors (Lipinski definition) is 1. The molecule has 1 N–H and O–H groups in total. The van der Waals surface area contributed by atoms with Crippen LogP contribution in [-0.2, 0) is 0 Å². The number of benzene rings is 1. The monoisotopic (exact) mass is 302 g/mol. The van der Waals surface area contributed by atoms with Crippen molar-refractivity contribution in [3.8, 4) is 5.69 Å². The van der Waals surface area contributed by atoms with Crippen LogP contribution in [0.2, 0.25) is 0 Å². The molecule has 96 valence electrons. The van der Waals surface area contributed by atoms with Crippen LogP contribution in [0.15, 0.2) is 34.7 Å². The van der Waals surface area contributed by atoms with Gasteiger partial charge in [0.2, 0.25) is 0 Å². The summed E-state index contributed by atoms with van der Waals surface area (Å²) in [6.45, 7) is -0.738. The van der Waals surface area contributed by atoms with Crippen molar-refractivity contribution in [1.29, 1.82) is 0 Å². The highest BCUT2D eigenvalue weighted by Gasteiger charge is 2.09. The van der Waals surface area contributed by atoms with E-state index in [0.29, 0.717) is 3.95 Å². The SMILES string of the molecule is OC(CF)CSc1nn(-c2ccccc2)c(=S)s1. The highest BCUT2D eigenvalue weighted by Crippen LogP contribution is 2.24. The first kappa shape index (κ1) is 13.7. The molecular weight excluding hydrogens is 291 g/mol. The van der Waals surface area contributed by atoms with Crippen molar-refractivity contribution in [3.05, 3.63) is 34.3 Å². The summed E-state index contributed by atoms with van der Waals surface area (Å²) >= 11 is 7.90. The van der Waals surface area contributed by atoms with Crippen LogP contribution < -0.4 is 0 Å². The summed E-state index contributed by atoms with van der Waals surface area (Å²) in [5, 5.41) is 13.5. The van der Waals surface area contributed by atoms with Gasteiger partial charge in [0, 0.05) is 5.75 Å². The Bertz CT molecular complexity index is 555. The Labute approximate surface area is 117 Å². The zero-order chi connectivity index (χ0) is 13.0. The third-order valence-electron chi connectivity index (χ3n) is 2.11. The molecule has 0 aliphatic carbocycles. The lowest BCUT2D eigenvalue weighted by atomic mass is 10.3. The van der Waals surface area contributed by atoms with E-state index >= 15 is 0 Å². The molecule has 2 rings (SSSR count). The number of halogens is 1. The predicted octanol–water partition coefficient (Wildman–Crippen LogP) is 3.09. The minimum absolute atomic E-state index is 0.285. The lowest BCUT2D eigenvalue weighted by molar-refractivity contribution is 0.162. The molecule has 1 heterocycles. The van der Waals surface area contributed by atoms with Gasteiger partial charge in [-0.05, 0) is 24.4 Å². The zero-order valence-corrected chi connectivity index (χ0v) is 11.8. The fourth-order valence-electron chi connectivity index (χ4n) is 1.26. The van der Waals surface area contributed by atoms with Gasteiger partial charge in [0.15, 0.2) is 8.29 Å². The molecule has 1 aromatic carbocycles. The van der Waals surface area contributed by atoms with Crippen LogP contribution in [0.5, 0.6) is 0 Å². The molecular formula is C11H11FN2OS3. The summed E-state index contributed by atoms with van der Waals surface area (Å²) in [7, 11) is 0. The van der Waals surface area contributed by atoms with E-state index < -0.39 is 12.8 Å². The van der Waals surface area contributed by atoms with E-state index in [1.807, 2.05) is 30.3 Å². The second-order valence-corrected chi connectivity index (χ2v) is 6.39. The highest BCUT2D eigenvalue weighted by atomic mass is 32.2. The number of para-hydroxylation sites is 1. The summed E-state index contributed by atoms with van der Waals surface area (Å²) in [6.07, 6.45) is -0.947. The molecule has 0 radical (unpaired) electrons. The lowest BCUT2D eigenvalue weighted by Gasteiger charge is -2.02. The first-order valence-electron chi connectivity index (χ1n) is 5.23. The summed E-state index contributed by atoms with van der Waals surface area (Å²) < 4.78 is 15.2. The standard InChI is InChI=1S/C11H11FN2OS3/c12-6-9(15)7-17-10-13-14(11(16)18-10)8-4-2-1-3-5-8/h1-5,9,15H,6-7H2. The minimum Gasteiger partial charge on any atom is -0.390 e. The van der Waals surface area contributed by atoms with Gasteiger partial charge in [-0.3, -0.25) is 0 Å². The molecule has 0 saturated carbocycles. The third-order valence-corrected chi connectivity index (χ3v) is 4.62. The number of nitrogens with zero attached hydrogens (tertiary/aromatic N) is 2. The van der Waals surface area contributed by atoms with Gasteiger partial charge in [-0.2, -0.15) is 0 Å². The number of rotatable bonds is 5. The molecule has 18 heavy (non-hydrogen) atoms. The summed E-state index contributed by atoms with van der Waals surface area (Å²) in [5.41, 5.74) is 0.900. The molecule has 1 aromatic heterocycles. The Balaban J connectivity index is 2.15. The number of aromatic nitrogens is 2. The van der Waals surface area contributed by atoms with Crippen LogP contribution in [0.25, 0.3) is 5.69 Å². The molecule has 0 bridgehead atoms. The lowest BCUT2D eigenvalue weighted by Crippen LogP contribution is -2.11. The van der Waals surface area contributed by atoms with Crippen molar-refractivity contribution < 1.29 is 9.50 Å². The van der Waals surface area contributed by atoms with Crippen LogP contribution in [0.4, 0.5) is 4.39 Å². The maximum absolute atomic E-state index is 12.1. The van der Waals surface area contributed by atoms with Crippen LogP contribution in [0, 0.1) is 3.95 Å². The normalized spacial score (nSPS) is 12.6. The molecule has 0 fully saturated rings. The van der Waals surface area contributed by atoms with Crippen molar-refractivity contribution in [2.75, 3.05) is 12.4 Å². The molecule has 0 amide bonds.